The van der Waals surface area contributed by atoms with Crippen molar-refractivity contribution in [3.05, 3.63) is 52.7 Å². The maximum absolute atomic E-state index is 13.2. The van der Waals surface area contributed by atoms with Gasteiger partial charge in [-0.25, -0.2) is 9.78 Å². The second-order valence-electron chi connectivity index (χ2n) is 7.32. The van der Waals surface area contributed by atoms with E-state index in [0.717, 1.165) is 18.3 Å². The first-order chi connectivity index (χ1) is 14.7. The molecule has 0 radical (unpaired) electrons. The maximum atomic E-state index is 13.2. The fourth-order valence-electron chi connectivity index (χ4n) is 2.67. The minimum atomic E-state index is -5.09. The van der Waals surface area contributed by atoms with Crippen molar-refractivity contribution in [1.29, 1.82) is 0 Å². The molecule has 2 aromatic rings. The molecule has 6 nitrogen and oxygen atoms in total. The van der Waals surface area contributed by atoms with Gasteiger partial charge in [0.15, 0.2) is 5.69 Å². The third-order valence-electron chi connectivity index (χ3n) is 4.37. The Labute approximate surface area is 179 Å². The van der Waals surface area contributed by atoms with Crippen LogP contribution in [0.4, 0.5) is 26.3 Å². The summed E-state index contributed by atoms with van der Waals surface area (Å²) in [5, 5.41) is 0. The van der Waals surface area contributed by atoms with Crippen molar-refractivity contribution >= 4 is 11.9 Å². The Morgan fingerprint density at radius 1 is 1.06 bits per heavy atom. The van der Waals surface area contributed by atoms with Crippen LogP contribution >= 0.6 is 0 Å². The van der Waals surface area contributed by atoms with E-state index in [-0.39, 0.29) is 36.7 Å². The van der Waals surface area contributed by atoms with Gasteiger partial charge in [0.05, 0.1) is 24.8 Å². The minimum absolute atomic E-state index is 0.00400. The van der Waals surface area contributed by atoms with Crippen molar-refractivity contribution < 1.29 is 45.1 Å². The van der Waals surface area contributed by atoms with Crippen molar-refractivity contribution in [2.45, 2.75) is 39.2 Å². The van der Waals surface area contributed by atoms with Gasteiger partial charge >= 0.3 is 18.3 Å². The number of oxazole rings is 1. The predicted molar refractivity (Wildman–Crippen MR) is 98.5 cm³/mol. The van der Waals surface area contributed by atoms with Gasteiger partial charge in [-0.3, -0.25) is 4.79 Å². The highest BCUT2D eigenvalue weighted by atomic mass is 19.4. The van der Waals surface area contributed by atoms with E-state index in [1.165, 1.54) is 0 Å². The lowest BCUT2D eigenvalue weighted by atomic mass is 10.0. The van der Waals surface area contributed by atoms with Crippen LogP contribution in [0.2, 0.25) is 0 Å². The number of ether oxygens (including phenoxy) is 1. The molecule has 0 aliphatic carbocycles. The first kappa shape index (κ1) is 25.2. The van der Waals surface area contributed by atoms with Crippen LogP contribution in [-0.4, -0.2) is 35.4 Å². The molecule has 0 atom stereocenters. The number of alkyl halides is 6. The summed E-state index contributed by atoms with van der Waals surface area (Å²) >= 11 is 0. The van der Waals surface area contributed by atoms with Crippen LogP contribution in [0, 0.1) is 5.92 Å². The fraction of sp³-hybridized carbons (Fsp3) is 0.450. The van der Waals surface area contributed by atoms with E-state index in [4.69, 9.17) is 4.42 Å². The van der Waals surface area contributed by atoms with Gasteiger partial charge in [-0.2, -0.15) is 26.3 Å². The van der Waals surface area contributed by atoms with Crippen molar-refractivity contribution in [2.75, 3.05) is 13.7 Å². The van der Waals surface area contributed by atoms with E-state index in [1.807, 2.05) is 13.8 Å². The van der Waals surface area contributed by atoms with Crippen LogP contribution in [0.1, 0.15) is 58.1 Å². The number of hydrogen-bond acceptors (Lipinski definition) is 5. The van der Waals surface area contributed by atoms with Gasteiger partial charge in [0, 0.05) is 12.1 Å². The van der Waals surface area contributed by atoms with Gasteiger partial charge in [-0.1, -0.05) is 13.8 Å². The number of hydrogen-bond donors (Lipinski definition) is 0. The van der Waals surface area contributed by atoms with Crippen molar-refractivity contribution in [3.63, 3.8) is 0 Å². The quantitative estimate of drug-likeness (QED) is 0.415. The van der Waals surface area contributed by atoms with Crippen LogP contribution < -0.4 is 0 Å². The van der Waals surface area contributed by atoms with Crippen molar-refractivity contribution in [2.24, 2.45) is 5.92 Å². The van der Waals surface area contributed by atoms with E-state index in [0.29, 0.717) is 18.6 Å². The van der Waals surface area contributed by atoms with Crippen molar-refractivity contribution in [1.82, 2.24) is 9.88 Å². The summed E-state index contributed by atoms with van der Waals surface area (Å²) in [5.74, 6) is -1.94. The summed E-state index contributed by atoms with van der Waals surface area (Å²) in [4.78, 5) is 29.3. The average molecular weight is 466 g/mol. The van der Waals surface area contributed by atoms with Crippen LogP contribution in [0.15, 0.2) is 28.9 Å². The molecule has 0 aliphatic rings. The first-order valence-electron chi connectivity index (χ1n) is 9.33. The second kappa shape index (κ2) is 9.61. The van der Waals surface area contributed by atoms with Gasteiger partial charge in [-0.05, 0) is 30.5 Å². The predicted octanol–water partition coefficient (Wildman–Crippen LogP) is 5.19. The molecule has 0 saturated heterocycles. The van der Waals surface area contributed by atoms with Crippen LogP contribution in [0.25, 0.3) is 0 Å². The minimum Gasteiger partial charge on any atom is -0.464 e. The number of carbonyl (C=O) groups is 2. The Morgan fingerprint density at radius 2 is 1.62 bits per heavy atom. The van der Waals surface area contributed by atoms with E-state index >= 15 is 0 Å². The van der Waals surface area contributed by atoms with E-state index < -0.39 is 40.9 Å². The van der Waals surface area contributed by atoms with E-state index in [9.17, 15) is 35.9 Å². The molecule has 1 aromatic heterocycles. The molecule has 1 heterocycles. The topological polar surface area (TPSA) is 72.6 Å². The lowest BCUT2D eigenvalue weighted by Crippen LogP contribution is -2.33. The molecule has 1 aromatic carbocycles. The number of benzene rings is 1. The number of halogens is 6. The zero-order valence-corrected chi connectivity index (χ0v) is 17.3. The summed E-state index contributed by atoms with van der Waals surface area (Å²) < 4.78 is 88.5. The molecule has 0 N–H and O–H groups in total. The Kier molecular flexibility index (Phi) is 7.58. The van der Waals surface area contributed by atoms with E-state index in [2.05, 4.69) is 9.72 Å². The van der Waals surface area contributed by atoms with Gasteiger partial charge in [0.25, 0.3) is 5.91 Å². The number of nitrogens with zero attached hydrogens (tertiary/aromatic N) is 2. The van der Waals surface area contributed by atoms with Gasteiger partial charge < -0.3 is 14.1 Å². The number of carbonyl (C=O) groups excluding carboxylic acids is 2. The number of rotatable bonds is 7. The summed E-state index contributed by atoms with van der Waals surface area (Å²) in [7, 11) is 1.11. The molecule has 0 unspecified atom stereocenters. The zero-order chi connectivity index (χ0) is 24.3. The van der Waals surface area contributed by atoms with Crippen LogP contribution in [0.3, 0.4) is 0 Å². The monoisotopic (exact) mass is 466 g/mol. The Hall–Kier alpha value is -3.05. The second-order valence-corrected chi connectivity index (χ2v) is 7.32. The molecule has 0 fully saturated rings. The number of methoxy groups -OCH3 is 1. The maximum Gasteiger partial charge on any atom is 0.416 e. The number of aromatic nitrogens is 1. The molecule has 0 saturated carbocycles. The number of esters is 1. The molecule has 1 amide bonds. The third-order valence-corrected chi connectivity index (χ3v) is 4.37. The summed E-state index contributed by atoms with van der Waals surface area (Å²) in [6, 6.07) is 0.691. The molecule has 0 spiro atoms. The molecular weight excluding hydrogens is 446 g/mol. The highest BCUT2D eigenvalue weighted by Gasteiger charge is 2.38. The normalized spacial score (nSPS) is 12.2. The molecule has 32 heavy (non-hydrogen) atoms. The Balaban J connectivity index is 2.44. The Morgan fingerprint density at radius 3 is 2.09 bits per heavy atom. The fourth-order valence-corrected chi connectivity index (χ4v) is 2.67. The number of amides is 1. The molecule has 12 heteroatoms. The summed E-state index contributed by atoms with van der Waals surface area (Å²) in [6.07, 6.45) is -8.80. The third kappa shape index (κ3) is 6.47. The molecule has 2 rings (SSSR count). The van der Waals surface area contributed by atoms with E-state index in [1.54, 1.807) is 0 Å². The zero-order valence-electron chi connectivity index (χ0n) is 17.3. The lowest BCUT2D eigenvalue weighted by Gasteiger charge is -2.23. The van der Waals surface area contributed by atoms with Crippen molar-refractivity contribution in [3.8, 4) is 0 Å². The highest BCUT2D eigenvalue weighted by molar-refractivity contribution is 5.94. The molecule has 0 aliphatic heterocycles. The standard InChI is InChI=1S/C20H20F6N2O4/c1-11(2)4-5-28(9-16-27-15(10-32-16)18(30)31-3)17(29)12-6-13(19(21,22)23)8-14(7-12)20(24,25)26/h6-8,10-11H,4-5,9H2,1-3H3. The van der Waals surface area contributed by atoms with Crippen LogP contribution in [0.5, 0.6) is 0 Å². The SMILES string of the molecule is COC(=O)c1coc(CN(CCC(C)C)C(=O)c2cc(C(F)(F)F)cc(C(F)(F)F)c2)n1. The van der Waals surface area contributed by atoms with Crippen LogP contribution in [-0.2, 0) is 23.6 Å². The first-order valence-corrected chi connectivity index (χ1v) is 9.33. The molecular formula is C20H20F6N2O4. The largest absolute Gasteiger partial charge is 0.464 e. The average Bonchev–Trinajstić information content (AvgIpc) is 3.16. The van der Waals surface area contributed by atoms with Gasteiger partial charge in [-0.15, -0.1) is 0 Å². The van der Waals surface area contributed by atoms with Gasteiger partial charge in [0.2, 0.25) is 5.89 Å². The Bertz CT molecular complexity index is 933. The summed E-state index contributed by atoms with van der Waals surface area (Å²) in [5.41, 5.74) is -4.17. The molecule has 176 valence electrons. The molecule has 0 bridgehead atoms. The highest BCUT2D eigenvalue weighted by Crippen LogP contribution is 2.36. The lowest BCUT2D eigenvalue weighted by molar-refractivity contribution is -0.143. The summed E-state index contributed by atoms with van der Waals surface area (Å²) in [6.45, 7) is 3.29. The van der Waals surface area contributed by atoms with Gasteiger partial charge in [0.1, 0.15) is 6.26 Å². The smallest absolute Gasteiger partial charge is 0.416 e.